The maximum atomic E-state index is 5.17. The zero-order valence-electron chi connectivity index (χ0n) is 9.32. The van der Waals surface area contributed by atoms with Crippen LogP contribution >= 0.6 is 0 Å². The second kappa shape index (κ2) is 4.02. The SMILES string of the molecule is CC(C)c1nc(C2=CNCN(C)C2)no1. The molecule has 1 aliphatic rings. The Morgan fingerprint density at radius 2 is 2.33 bits per heavy atom. The average molecular weight is 208 g/mol. The molecule has 5 heteroatoms. The first-order valence-corrected chi connectivity index (χ1v) is 5.12. The largest absolute Gasteiger partial charge is 0.378 e. The molecule has 0 atom stereocenters. The molecule has 0 unspecified atom stereocenters. The van der Waals surface area contributed by atoms with E-state index in [2.05, 4.69) is 20.4 Å². The molecule has 1 aromatic heterocycles. The van der Waals surface area contributed by atoms with Crippen molar-refractivity contribution in [1.29, 1.82) is 0 Å². The van der Waals surface area contributed by atoms with E-state index in [-0.39, 0.29) is 5.92 Å². The minimum atomic E-state index is 0.279. The fourth-order valence-corrected chi connectivity index (χ4v) is 1.45. The van der Waals surface area contributed by atoms with Crippen LogP contribution in [-0.2, 0) is 0 Å². The normalized spacial score (nSPS) is 17.7. The first-order chi connectivity index (χ1) is 7.16. The van der Waals surface area contributed by atoms with Crippen LogP contribution in [-0.4, -0.2) is 35.3 Å². The first-order valence-electron chi connectivity index (χ1n) is 5.12. The molecule has 0 aliphatic carbocycles. The van der Waals surface area contributed by atoms with Crippen molar-refractivity contribution in [2.24, 2.45) is 0 Å². The minimum absolute atomic E-state index is 0.279. The van der Waals surface area contributed by atoms with Crippen molar-refractivity contribution in [3.63, 3.8) is 0 Å². The second-order valence-electron chi connectivity index (χ2n) is 4.16. The second-order valence-corrected chi connectivity index (χ2v) is 4.16. The lowest BCUT2D eigenvalue weighted by atomic mass is 10.2. The lowest BCUT2D eigenvalue weighted by Gasteiger charge is -2.22. The van der Waals surface area contributed by atoms with Crippen LogP contribution in [0.5, 0.6) is 0 Å². The summed E-state index contributed by atoms with van der Waals surface area (Å²) in [6, 6.07) is 0. The van der Waals surface area contributed by atoms with Gasteiger partial charge in [0.1, 0.15) is 0 Å². The molecule has 82 valence electrons. The lowest BCUT2D eigenvalue weighted by Crippen LogP contribution is -2.34. The van der Waals surface area contributed by atoms with Crippen molar-refractivity contribution in [3.8, 4) is 0 Å². The summed E-state index contributed by atoms with van der Waals surface area (Å²) in [5, 5.41) is 7.14. The molecule has 0 saturated heterocycles. The lowest BCUT2D eigenvalue weighted by molar-refractivity contribution is 0.345. The molecule has 2 rings (SSSR count). The van der Waals surface area contributed by atoms with Crippen molar-refractivity contribution in [2.75, 3.05) is 20.3 Å². The number of hydrogen-bond acceptors (Lipinski definition) is 5. The highest BCUT2D eigenvalue weighted by atomic mass is 16.5. The number of rotatable bonds is 2. The van der Waals surface area contributed by atoms with Gasteiger partial charge in [0.25, 0.3) is 0 Å². The Labute approximate surface area is 89.2 Å². The maximum absolute atomic E-state index is 5.17. The van der Waals surface area contributed by atoms with Gasteiger partial charge in [0.2, 0.25) is 11.7 Å². The average Bonchev–Trinajstić information content (AvgIpc) is 2.66. The molecule has 15 heavy (non-hydrogen) atoms. The van der Waals surface area contributed by atoms with E-state index in [4.69, 9.17) is 4.52 Å². The molecule has 2 heterocycles. The Hall–Kier alpha value is -1.36. The van der Waals surface area contributed by atoms with Gasteiger partial charge in [0.05, 0.1) is 6.67 Å². The van der Waals surface area contributed by atoms with Gasteiger partial charge in [-0.25, -0.2) is 0 Å². The molecule has 0 fully saturated rings. The zero-order chi connectivity index (χ0) is 10.8. The summed E-state index contributed by atoms with van der Waals surface area (Å²) in [6.45, 7) is 5.79. The molecule has 1 aliphatic heterocycles. The predicted molar refractivity (Wildman–Crippen MR) is 57.0 cm³/mol. The molecule has 0 bridgehead atoms. The molecule has 1 N–H and O–H groups in total. The summed E-state index contributed by atoms with van der Waals surface area (Å²) in [4.78, 5) is 6.51. The monoisotopic (exact) mass is 208 g/mol. The Balaban J connectivity index is 2.18. The number of likely N-dealkylation sites (N-methyl/N-ethyl adjacent to an activating group) is 1. The van der Waals surface area contributed by atoms with E-state index < -0.39 is 0 Å². The van der Waals surface area contributed by atoms with Gasteiger partial charge in [-0.15, -0.1) is 0 Å². The van der Waals surface area contributed by atoms with E-state index in [1.807, 2.05) is 27.1 Å². The van der Waals surface area contributed by atoms with Gasteiger partial charge in [0.15, 0.2) is 0 Å². The van der Waals surface area contributed by atoms with E-state index in [9.17, 15) is 0 Å². The van der Waals surface area contributed by atoms with Gasteiger partial charge in [-0.2, -0.15) is 4.98 Å². The van der Waals surface area contributed by atoms with Gasteiger partial charge < -0.3 is 9.84 Å². The number of nitrogens with one attached hydrogen (secondary N) is 1. The van der Waals surface area contributed by atoms with Gasteiger partial charge in [-0.3, -0.25) is 4.90 Å². The van der Waals surface area contributed by atoms with E-state index >= 15 is 0 Å². The van der Waals surface area contributed by atoms with Gasteiger partial charge in [-0.05, 0) is 7.05 Å². The molecular formula is C10H16N4O. The molecule has 5 nitrogen and oxygen atoms in total. The molecule has 0 saturated carbocycles. The molecule has 0 spiro atoms. The number of hydrogen-bond donors (Lipinski definition) is 1. The predicted octanol–water partition coefficient (Wildman–Crippen LogP) is 1.03. The van der Waals surface area contributed by atoms with Crippen molar-refractivity contribution in [3.05, 3.63) is 17.9 Å². The molecule has 0 aromatic carbocycles. The molecular weight excluding hydrogens is 192 g/mol. The Bertz CT molecular complexity index is 369. The van der Waals surface area contributed by atoms with Crippen LogP contribution in [0.3, 0.4) is 0 Å². The third-order valence-electron chi connectivity index (χ3n) is 2.30. The standard InChI is InChI=1S/C10H16N4O/c1-7(2)10-12-9(13-15-10)8-4-11-6-14(3)5-8/h4,7,11H,5-6H2,1-3H3. The topological polar surface area (TPSA) is 54.2 Å². The molecule has 0 radical (unpaired) electrons. The van der Waals surface area contributed by atoms with Crippen LogP contribution in [0.2, 0.25) is 0 Å². The zero-order valence-corrected chi connectivity index (χ0v) is 9.32. The highest BCUT2D eigenvalue weighted by molar-refractivity contribution is 5.61. The fourth-order valence-electron chi connectivity index (χ4n) is 1.45. The third-order valence-corrected chi connectivity index (χ3v) is 2.30. The quantitative estimate of drug-likeness (QED) is 0.786. The summed E-state index contributed by atoms with van der Waals surface area (Å²) in [7, 11) is 2.05. The Morgan fingerprint density at radius 3 is 2.93 bits per heavy atom. The van der Waals surface area contributed by atoms with E-state index in [0.717, 1.165) is 18.8 Å². The van der Waals surface area contributed by atoms with Crippen LogP contribution in [0.1, 0.15) is 31.5 Å². The maximum Gasteiger partial charge on any atom is 0.229 e. The summed E-state index contributed by atoms with van der Waals surface area (Å²) in [6.07, 6.45) is 1.95. The number of aromatic nitrogens is 2. The minimum Gasteiger partial charge on any atom is -0.378 e. The van der Waals surface area contributed by atoms with Crippen LogP contribution in [0.15, 0.2) is 10.7 Å². The van der Waals surface area contributed by atoms with Gasteiger partial charge >= 0.3 is 0 Å². The third kappa shape index (κ3) is 2.18. The van der Waals surface area contributed by atoms with E-state index in [1.165, 1.54) is 0 Å². The molecule has 0 amide bonds. The van der Waals surface area contributed by atoms with Crippen molar-refractivity contribution >= 4 is 5.57 Å². The highest BCUT2D eigenvalue weighted by Gasteiger charge is 2.16. The van der Waals surface area contributed by atoms with Crippen LogP contribution in [0.4, 0.5) is 0 Å². The van der Waals surface area contributed by atoms with Crippen molar-refractivity contribution in [1.82, 2.24) is 20.4 Å². The smallest absolute Gasteiger partial charge is 0.229 e. The fraction of sp³-hybridized carbons (Fsp3) is 0.600. The summed E-state index contributed by atoms with van der Waals surface area (Å²) >= 11 is 0. The van der Waals surface area contributed by atoms with Crippen LogP contribution in [0, 0.1) is 0 Å². The number of nitrogens with zero attached hydrogens (tertiary/aromatic N) is 3. The highest BCUT2D eigenvalue weighted by Crippen LogP contribution is 2.17. The van der Waals surface area contributed by atoms with Crippen LogP contribution in [0.25, 0.3) is 5.57 Å². The van der Waals surface area contributed by atoms with Gasteiger partial charge in [0, 0.05) is 24.2 Å². The summed E-state index contributed by atoms with van der Waals surface area (Å²) in [5.41, 5.74) is 1.07. The Morgan fingerprint density at radius 1 is 1.53 bits per heavy atom. The summed E-state index contributed by atoms with van der Waals surface area (Å²) < 4.78 is 5.17. The van der Waals surface area contributed by atoms with Gasteiger partial charge in [-0.1, -0.05) is 19.0 Å². The van der Waals surface area contributed by atoms with E-state index in [1.54, 1.807) is 0 Å². The van der Waals surface area contributed by atoms with Crippen molar-refractivity contribution in [2.45, 2.75) is 19.8 Å². The van der Waals surface area contributed by atoms with E-state index in [0.29, 0.717) is 11.7 Å². The Kier molecular flexibility index (Phi) is 2.73. The first kappa shape index (κ1) is 10.2. The molecule has 1 aromatic rings. The van der Waals surface area contributed by atoms with Crippen LogP contribution < -0.4 is 5.32 Å². The summed E-state index contributed by atoms with van der Waals surface area (Å²) in [5.74, 6) is 1.66. The van der Waals surface area contributed by atoms with Crippen molar-refractivity contribution < 1.29 is 4.52 Å².